The molecule has 0 spiro atoms. The summed E-state index contributed by atoms with van der Waals surface area (Å²) >= 11 is 3.54. The van der Waals surface area contributed by atoms with Gasteiger partial charge in [-0.05, 0) is 58.1 Å². The fraction of sp³-hybridized carbons (Fsp3) is 0.278. The lowest BCUT2D eigenvalue weighted by Gasteiger charge is -2.20. The van der Waals surface area contributed by atoms with Crippen LogP contribution in [-0.2, 0) is 5.41 Å². The number of benzene rings is 2. The average Bonchev–Trinajstić information content (AvgIpc) is 2.39. The average molecular weight is 346 g/mol. The summed E-state index contributed by atoms with van der Waals surface area (Å²) < 4.78 is 0.899. The second-order valence-electron chi connectivity index (χ2n) is 6.27. The summed E-state index contributed by atoms with van der Waals surface area (Å²) in [5, 5.41) is 2.95. The van der Waals surface area contributed by atoms with Crippen molar-refractivity contribution in [1.29, 1.82) is 0 Å². The van der Waals surface area contributed by atoms with Gasteiger partial charge in [0.1, 0.15) is 0 Å². The van der Waals surface area contributed by atoms with Gasteiger partial charge in [-0.2, -0.15) is 0 Å². The predicted octanol–water partition coefficient (Wildman–Crippen LogP) is 5.31. The largest absolute Gasteiger partial charge is 0.321 e. The third kappa shape index (κ3) is 3.94. The minimum atomic E-state index is -0.0945. The Labute approximate surface area is 134 Å². The van der Waals surface area contributed by atoms with Crippen LogP contribution in [0.15, 0.2) is 46.9 Å². The van der Waals surface area contributed by atoms with E-state index in [4.69, 9.17) is 0 Å². The molecule has 2 nitrogen and oxygen atoms in total. The Kier molecular flexibility index (Phi) is 4.52. The molecule has 2 aromatic rings. The van der Waals surface area contributed by atoms with Crippen LogP contribution in [-0.4, -0.2) is 5.91 Å². The molecule has 1 amide bonds. The molecular weight excluding hydrogens is 326 g/mol. The highest BCUT2D eigenvalue weighted by Crippen LogP contribution is 2.30. The number of hydrogen-bond donors (Lipinski definition) is 1. The molecule has 0 saturated carbocycles. The van der Waals surface area contributed by atoms with Crippen molar-refractivity contribution >= 4 is 27.5 Å². The molecular formula is C18H20BrNO. The fourth-order valence-corrected chi connectivity index (χ4v) is 2.54. The number of hydrogen-bond acceptors (Lipinski definition) is 1. The molecule has 1 N–H and O–H groups in total. The fourth-order valence-electron chi connectivity index (χ4n) is 2.06. The van der Waals surface area contributed by atoms with Crippen LogP contribution in [0.4, 0.5) is 5.69 Å². The Morgan fingerprint density at radius 2 is 1.81 bits per heavy atom. The van der Waals surface area contributed by atoms with Gasteiger partial charge in [-0.25, -0.2) is 0 Å². The smallest absolute Gasteiger partial charge is 0.255 e. The zero-order valence-corrected chi connectivity index (χ0v) is 14.4. The van der Waals surface area contributed by atoms with Gasteiger partial charge in [0.15, 0.2) is 0 Å². The van der Waals surface area contributed by atoms with Gasteiger partial charge in [0.05, 0.1) is 5.69 Å². The van der Waals surface area contributed by atoms with Gasteiger partial charge >= 0.3 is 0 Å². The SMILES string of the molecule is Cc1cccc(C(=O)Nc2ccc(C(C)(C)C)cc2Br)c1. The highest BCUT2D eigenvalue weighted by molar-refractivity contribution is 9.10. The van der Waals surface area contributed by atoms with Crippen LogP contribution in [0.5, 0.6) is 0 Å². The van der Waals surface area contributed by atoms with Gasteiger partial charge in [-0.3, -0.25) is 4.79 Å². The van der Waals surface area contributed by atoms with Gasteiger partial charge in [-0.1, -0.05) is 44.5 Å². The predicted molar refractivity (Wildman–Crippen MR) is 92.0 cm³/mol. The molecule has 3 heteroatoms. The van der Waals surface area contributed by atoms with E-state index >= 15 is 0 Å². The molecule has 0 unspecified atom stereocenters. The Morgan fingerprint density at radius 3 is 2.38 bits per heavy atom. The normalized spacial score (nSPS) is 11.3. The lowest BCUT2D eigenvalue weighted by atomic mass is 9.87. The van der Waals surface area contributed by atoms with Crippen molar-refractivity contribution in [3.05, 3.63) is 63.6 Å². The standard InChI is InChI=1S/C18H20BrNO/c1-12-6-5-7-13(10-12)17(21)20-16-9-8-14(11-15(16)19)18(2,3)4/h5-11H,1-4H3,(H,20,21). The summed E-state index contributed by atoms with van der Waals surface area (Å²) in [5.74, 6) is -0.0945. The van der Waals surface area contributed by atoms with Crippen LogP contribution in [0, 0.1) is 6.92 Å². The molecule has 0 radical (unpaired) electrons. The third-order valence-corrected chi connectivity index (χ3v) is 4.02. The van der Waals surface area contributed by atoms with E-state index in [2.05, 4.69) is 54.2 Å². The molecule has 21 heavy (non-hydrogen) atoms. The molecule has 0 aromatic heterocycles. The van der Waals surface area contributed by atoms with Crippen LogP contribution in [0.1, 0.15) is 42.3 Å². The lowest BCUT2D eigenvalue weighted by molar-refractivity contribution is 0.102. The molecule has 2 aromatic carbocycles. The first kappa shape index (κ1) is 15.8. The number of halogens is 1. The van der Waals surface area contributed by atoms with E-state index in [9.17, 15) is 4.79 Å². The number of carbonyl (C=O) groups excluding carboxylic acids is 1. The van der Waals surface area contributed by atoms with Crippen molar-refractivity contribution < 1.29 is 4.79 Å². The topological polar surface area (TPSA) is 29.1 Å². The molecule has 2 rings (SSSR count). The summed E-state index contributed by atoms with van der Waals surface area (Å²) in [6.07, 6.45) is 0. The summed E-state index contributed by atoms with van der Waals surface area (Å²) in [6, 6.07) is 13.6. The van der Waals surface area contributed by atoms with E-state index in [0.29, 0.717) is 5.56 Å². The van der Waals surface area contributed by atoms with Crippen molar-refractivity contribution in [1.82, 2.24) is 0 Å². The van der Waals surface area contributed by atoms with Crippen molar-refractivity contribution in [2.75, 3.05) is 5.32 Å². The van der Waals surface area contributed by atoms with E-state index in [1.165, 1.54) is 5.56 Å². The van der Waals surface area contributed by atoms with Crippen LogP contribution < -0.4 is 5.32 Å². The molecule has 0 fully saturated rings. The first-order valence-electron chi connectivity index (χ1n) is 6.95. The van der Waals surface area contributed by atoms with Crippen LogP contribution in [0.25, 0.3) is 0 Å². The van der Waals surface area contributed by atoms with Gasteiger partial charge in [0.2, 0.25) is 0 Å². The molecule has 0 aliphatic rings. The van der Waals surface area contributed by atoms with E-state index in [1.54, 1.807) is 0 Å². The minimum Gasteiger partial charge on any atom is -0.321 e. The molecule has 110 valence electrons. The zero-order chi connectivity index (χ0) is 15.6. The van der Waals surface area contributed by atoms with E-state index < -0.39 is 0 Å². The summed E-state index contributed by atoms with van der Waals surface area (Å²) in [6.45, 7) is 8.48. The summed E-state index contributed by atoms with van der Waals surface area (Å²) in [4.78, 5) is 12.3. The third-order valence-electron chi connectivity index (χ3n) is 3.36. The van der Waals surface area contributed by atoms with Gasteiger partial charge in [0, 0.05) is 10.0 Å². The number of nitrogens with one attached hydrogen (secondary N) is 1. The maximum absolute atomic E-state index is 12.3. The molecule has 0 aliphatic heterocycles. The number of aryl methyl sites for hydroxylation is 1. The lowest BCUT2D eigenvalue weighted by Crippen LogP contribution is -2.14. The van der Waals surface area contributed by atoms with Crippen LogP contribution >= 0.6 is 15.9 Å². The van der Waals surface area contributed by atoms with Crippen LogP contribution in [0.3, 0.4) is 0 Å². The molecule has 0 saturated heterocycles. The number of amides is 1. The second-order valence-corrected chi connectivity index (χ2v) is 7.12. The summed E-state index contributed by atoms with van der Waals surface area (Å²) in [5.41, 5.74) is 3.84. The molecule has 0 aliphatic carbocycles. The minimum absolute atomic E-state index is 0.0849. The van der Waals surface area contributed by atoms with Crippen molar-refractivity contribution in [2.24, 2.45) is 0 Å². The quantitative estimate of drug-likeness (QED) is 0.785. The highest BCUT2D eigenvalue weighted by Gasteiger charge is 2.15. The van der Waals surface area contributed by atoms with Crippen LogP contribution in [0.2, 0.25) is 0 Å². The molecule has 0 heterocycles. The van der Waals surface area contributed by atoms with Gasteiger partial charge in [0.25, 0.3) is 5.91 Å². The molecule has 0 atom stereocenters. The Hall–Kier alpha value is -1.61. The van der Waals surface area contributed by atoms with Crippen molar-refractivity contribution in [2.45, 2.75) is 33.1 Å². The summed E-state index contributed by atoms with van der Waals surface area (Å²) in [7, 11) is 0. The second kappa shape index (κ2) is 6.02. The Balaban J connectivity index is 2.22. The van der Waals surface area contributed by atoms with Gasteiger partial charge < -0.3 is 5.32 Å². The number of rotatable bonds is 2. The van der Waals surface area contributed by atoms with E-state index in [1.807, 2.05) is 37.3 Å². The van der Waals surface area contributed by atoms with Crippen molar-refractivity contribution in [3.8, 4) is 0 Å². The maximum atomic E-state index is 12.3. The number of carbonyl (C=O) groups is 1. The van der Waals surface area contributed by atoms with Crippen molar-refractivity contribution in [3.63, 3.8) is 0 Å². The first-order valence-corrected chi connectivity index (χ1v) is 7.75. The van der Waals surface area contributed by atoms with E-state index in [-0.39, 0.29) is 11.3 Å². The Morgan fingerprint density at radius 1 is 1.10 bits per heavy atom. The number of anilines is 1. The first-order chi connectivity index (χ1) is 9.77. The van der Waals surface area contributed by atoms with Gasteiger partial charge in [-0.15, -0.1) is 0 Å². The van der Waals surface area contributed by atoms with E-state index in [0.717, 1.165) is 15.7 Å². The molecule has 0 bridgehead atoms. The zero-order valence-electron chi connectivity index (χ0n) is 12.8. The monoisotopic (exact) mass is 345 g/mol. The Bertz CT molecular complexity index is 671. The maximum Gasteiger partial charge on any atom is 0.255 e. The highest BCUT2D eigenvalue weighted by atomic mass is 79.9.